The van der Waals surface area contributed by atoms with Crippen LogP contribution in [0.5, 0.6) is 0 Å². The van der Waals surface area contributed by atoms with E-state index < -0.39 is 0 Å². The van der Waals surface area contributed by atoms with Crippen molar-refractivity contribution in [3.8, 4) is 0 Å². The normalized spacial score (nSPS) is 13.6. The van der Waals surface area contributed by atoms with E-state index in [0.29, 0.717) is 0 Å². The van der Waals surface area contributed by atoms with Gasteiger partial charge in [0.05, 0.1) is 6.20 Å². The van der Waals surface area contributed by atoms with E-state index in [0.717, 1.165) is 11.3 Å². The molecular weight excluding hydrogens is 254 g/mol. The van der Waals surface area contributed by atoms with Gasteiger partial charge in [0, 0.05) is 10.8 Å². The number of hydrogen-bond donors (Lipinski definition) is 0. The van der Waals surface area contributed by atoms with Crippen LogP contribution < -0.4 is 10.4 Å². The Balaban J connectivity index is 0.000000653. The maximum atomic E-state index is 4.06. The van der Waals surface area contributed by atoms with E-state index in [-0.39, 0.29) is 37.2 Å². The minimum Gasteiger partial charge on any atom is -0.158 e. The molecule has 0 bridgehead atoms. The van der Waals surface area contributed by atoms with Crippen molar-refractivity contribution in [1.82, 2.24) is 0 Å². The number of nitrogens with zero attached hydrogens (tertiary/aromatic N) is 2. The topological polar surface area (TPSA) is 24.7 Å². The third kappa shape index (κ3) is 2.07. The molecule has 2 nitrogen and oxygen atoms in total. The number of azo groups is 1. The molecule has 2 aliphatic rings. The molecule has 3 rings (SSSR count). The van der Waals surface area contributed by atoms with Crippen molar-refractivity contribution in [2.45, 2.75) is 0 Å². The Morgan fingerprint density at radius 3 is 2.47 bits per heavy atom. The molecule has 1 aliphatic heterocycles. The fourth-order valence-corrected chi connectivity index (χ4v) is 1.59. The number of halogens is 3. The zero-order chi connectivity index (χ0) is 7.97. The summed E-state index contributed by atoms with van der Waals surface area (Å²) in [5.74, 6) is 0. The van der Waals surface area contributed by atoms with Gasteiger partial charge < -0.3 is 0 Å². The molecule has 0 aromatic heterocycles. The molecule has 1 aromatic rings. The first-order valence-electron chi connectivity index (χ1n) is 3.88. The Bertz CT molecular complexity index is 532. The quantitative estimate of drug-likeness (QED) is 0.686. The molecule has 1 aliphatic carbocycles. The van der Waals surface area contributed by atoms with Gasteiger partial charge in [-0.05, 0) is 11.3 Å². The number of benzene rings is 1. The Morgan fingerprint density at radius 2 is 1.67 bits per heavy atom. The average Bonchev–Trinajstić information content (AvgIpc) is 2.62. The molecule has 5 heteroatoms. The van der Waals surface area contributed by atoms with Crippen molar-refractivity contribution in [2.24, 2.45) is 10.2 Å². The van der Waals surface area contributed by atoms with Gasteiger partial charge in [0.15, 0.2) is 0 Å². The van der Waals surface area contributed by atoms with E-state index in [1.165, 1.54) is 10.4 Å². The SMILES string of the molecule is C1=C2C=c3ccccc3=C2N=N1.Cl.Cl.Cl. The second-order valence-corrected chi connectivity index (χ2v) is 2.88. The van der Waals surface area contributed by atoms with Crippen molar-refractivity contribution in [2.75, 3.05) is 0 Å². The highest BCUT2D eigenvalue weighted by Crippen LogP contribution is 2.21. The van der Waals surface area contributed by atoms with Crippen LogP contribution in [-0.4, -0.2) is 0 Å². The first-order chi connectivity index (χ1) is 5.95. The highest BCUT2D eigenvalue weighted by atomic mass is 35.5. The Morgan fingerprint density at radius 1 is 0.933 bits per heavy atom. The van der Waals surface area contributed by atoms with Crippen molar-refractivity contribution in [1.29, 1.82) is 0 Å². The fourth-order valence-electron chi connectivity index (χ4n) is 1.59. The molecule has 15 heavy (non-hydrogen) atoms. The van der Waals surface area contributed by atoms with Crippen LogP contribution in [0.1, 0.15) is 0 Å². The summed E-state index contributed by atoms with van der Waals surface area (Å²) in [4.78, 5) is 0. The summed E-state index contributed by atoms with van der Waals surface area (Å²) >= 11 is 0. The third-order valence-corrected chi connectivity index (χ3v) is 2.15. The fraction of sp³-hybridized carbons (Fsp3) is 0. The van der Waals surface area contributed by atoms with Crippen molar-refractivity contribution >= 4 is 49.0 Å². The first-order valence-corrected chi connectivity index (χ1v) is 3.88. The number of fused-ring (bicyclic) bond motifs is 2. The highest BCUT2D eigenvalue weighted by molar-refractivity contribution is 5.86. The van der Waals surface area contributed by atoms with Gasteiger partial charge >= 0.3 is 0 Å². The molecular formula is C10H9Cl3N2. The monoisotopic (exact) mass is 262 g/mol. The average molecular weight is 264 g/mol. The van der Waals surface area contributed by atoms with E-state index in [2.05, 4.69) is 28.4 Å². The molecule has 0 atom stereocenters. The Hall–Kier alpha value is -0.830. The predicted molar refractivity (Wildman–Crippen MR) is 68.2 cm³/mol. The zero-order valence-electron chi connectivity index (χ0n) is 7.58. The molecule has 0 spiro atoms. The number of hydrogen-bond acceptors (Lipinski definition) is 2. The van der Waals surface area contributed by atoms with Crippen LogP contribution in [0.3, 0.4) is 0 Å². The Labute approximate surface area is 106 Å². The van der Waals surface area contributed by atoms with Gasteiger partial charge in [0.25, 0.3) is 0 Å². The van der Waals surface area contributed by atoms with Gasteiger partial charge in [0.1, 0.15) is 5.70 Å². The molecule has 0 amide bonds. The lowest BCUT2D eigenvalue weighted by atomic mass is 10.2. The smallest absolute Gasteiger partial charge is 0.102 e. The van der Waals surface area contributed by atoms with Crippen LogP contribution >= 0.6 is 37.2 Å². The van der Waals surface area contributed by atoms with Crippen LogP contribution in [0.4, 0.5) is 0 Å². The van der Waals surface area contributed by atoms with E-state index in [9.17, 15) is 0 Å². The highest BCUT2D eigenvalue weighted by Gasteiger charge is 2.12. The van der Waals surface area contributed by atoms with Crippen LogP contribution in [0.15, 0.2) is 46.3 Å². The maximum Gasteiger partial charge on any atom is 0.102 e. The van der Waals surface area contributed by atoms with Gasteiger partial charge in [0.2, 0.25) is 0 Å². The third-order valence-electron chi connectivity index (χ3n) is 2.15. The van der Waals surface area contributed by atoms with Crippen molar-refractivity contribution < 1.29 is 0 Å². The predicted octanol–water partition coefficient (Wildman–Crippen LogP) is 2.20. The molecule has 0 saturated heterocycles. The summed E-state index contributed by atoms with van der Waals surface area (Å²) in [5.41, 5.74) is 2.15. The van der Waals surface area contributed by atoms with Gasteiger partial charge in [-0.15, -0.1) is 42.3 Å². The van der Waals surface area contributed by atoms with Gasteiger partial charge in [-0.3, -0.25) is 0 Å². The molecule has 1 heterocycles. The van der Waals surface area contributed by atoms with E-state index in [1.807, 2.05) is 12.1 Å². The second-order valence-electron chi connectivity index (χ2n) is 2.88. The largest absolute Gasteiger partial charge is 0.158 e. The standard InChI is InChI=1S/C10H6N2.3ClH/c1-2-4-9-7(3-1)5-8-6-11-12-10(8)9;;;/h1-6H;3*1H. The molecule has 0 saturated carbocycles. The summed E-state index contributed by atoms with van der Waals surface area (Å²) in [6, 6.07) is 8.23. The second kappa shape index (κ2) is 5.31. The molecule has 0 radical (unpaired) electrons. The minimum absolute atomic E-state index is 0. The van der Waals surface area contributed by atoms with Crippen LogP contribution in [0.2, 0.25) is 0 Å². The molecule has 0 N–H and O–H groups in total. The Kier molecular flexibility index (Phi) is 5.01. The summed E-state index contributed by atoms with van der Waals surface area (Å²) in [7, 11) is 0. The van der Waals surface area contributed by atoms with Crippen LogP contribution in [0, 0.1) is 0 Å². The molecule has 1 aromatic carbocycles. The summed E-state index contributed by atoms with van der Waals surface area (Å²) in [6.07, 6.45) is 3.92. The minimum atomic E-state index is 0. The van der Waals surface area contributed by atoms with Crippen molar-refractivity contribution in [3.63, 3.8) is 0 Å². The van der Waals surface area contributed by atoms with E-state index in [1.54, 1.807) is 6.20 Å². The lowest BCUT2D eigenvalue weighted by Crippen LogP contribution is -2.21. The molecule has 0 unspecified atom stereocenters. The maximum absolute atomic E-state index is 4.06. The number of rotatable bonds is 0. The van der Waals surface area contributed by atoms with Gasteiger partial charge in [-0.1, -0.05) is 24.3 Å². The lowest BCUT2D eigenvalue weighted by molar-refractivity contribution is 1.29. The van der Waals surface area contributed by atoms with E-state index >= 15 is 0 Å². The van der Waals surface area contributed by atoms with Gasteiger partial charge in [-0.25, -0.2) is 0 Å². The van der Waals surface area contributed by atoms with Gasteiger partial charge in [-0.2, -0.15) is 5.11 Å². The molecule has 80 valence electrons. The summed E-state index contributed by atoms with van der Waals surface area (Å²) in [5, 5.41) is 10.4. The lowest BCUT2D eigenvalue weighted by Gasteiger charge is -1.85. The van der Waals surface area contributed by atoms with Crippen molar-refractivity contribution in [3.05, 3.63) is 46.5 Å². The van der Waals surface area contributed by atoms with Crippen LogP contribution in [0.25, 0.3) is 11.8 Å². The van der Waals surface area contributed by atoms with Crippen LogP contribution in [-0.2, 0) is 0 Å². The summed E-state index contributed by atoms with van der Waals surface area (Å²) < 4.78 is 0. The zero-order valence-corrected chi connectivity index (χ0v) is 10.0. The van der Waals surface area contributed by atoms with E-state index in [4.69, 9.17) is 0 Å². The molecule has 0 fully saturated rings. The summed E-state index contributed by atoms with van der Waals surface area (Å²) in [6.45, 7) is 0. The first kappa shape index (κ1) is 14.2.